The van der Waals surface area contributed by atoms with Crippen molar-refractivity contribution in [1.29, 1.82) is 0 Å². The van der Waals surface area contributed by atoms with Gasteiger partial charge >= 0.3 is 0 Å². The summed E-state index contributed by atoms with van der Waals surface area (Å²) in [6.07, 6.45) is 3.55. The van der Waals surface area contributed by atoms with Gasteiger partial charge in [0.15, 0.2) is 0 Å². The lowest BCUT2D eigenvalue weighted by molar-refractivity contribution is 0.218. The smallest absolute Gasteiger partial charge is 0.0409 e. The lowest BCUT2D eigenvalue weighted by atomic mass is 10.0. The van der Waals surface area contributed by atoms with Crippen LogP contribution < -0.4 is 5.32 Å². The molecule has 0 aliphatic heterocycles. The summed E-state index contributed by atoms with van der Waals surface area (Å²) in [4.78, 5) is 2.48. The summed E-state index contributed by atoms with van der Waals surface area (Å²) in [7, 11) is 2.23. The Morgan fingerprint density at radius 1 is 1.20 bits per heavy atom. The highest BCUT2D eigenvalue weighted by atomic mass is 35.5. The fraction of sp³-hybridized carbons (Fsp3) is 0.647. The third kappa shape index (κ3) is 5.43. The van der Waals surface area contributed by atoms with E-state index in [1.165, 1.54) is 18.4 Å². The van der Waals surface area contributed by atoms with Gasteiger partial charge in [0.05, 0.1) is 0 Å². The third-order valence-electron chi connectivity index (χ3n) is 4.04. The van der Waals surface area contributed by atoms with E-state index in [4.69, 9.17) is 11.6 Å². The van der Waals surface area contributed by atoms with Crippen LogP contribution in [0.25, 0.3) is 0 Å². The lowest BCUT2D eigenvalue weighted by Crippen LogP contribution is -2.34. The van der Waals surface area contributed by atoms with Crippen molar-refractivity contribution in [1.82, 2.24) is 10.2 Å². The molecule has 0 bridgehead atoms. The summed E-state index contributed by atoms with van der Waals surface area (Å²) >= 11 is 6.11. The summed E-state index contributed by atoms with van der Waals surface area (Å²) in [6.45, 7) is 8.78. The van der Waals surface area contributed by atoms with Crippen molar-refractivity contribution in [2.75, 3.05) is 20.1 Å². The van der Waals surface area contributed by atoms with Crippen LogP contribution in [0.4, 0.5) is 0 Å². The molecule has 3 heteroatoms. The van der Waals surface area contributed by atoms with Crippen molar-refractivity contribution in [3.05, 3.63) is 34.9 Å². The van der Waals surface area contributed by atoms with Gasteiger partial charge in [-0.25, -0.2) is 0 Å². The number of halogens is 1. The summed E-state index contributed by atoms with van der Waals surface area (Å²) in [6, 6.07) is 9.28. The Labute approximate surface area is 129 Å². The summed E-state index contributed by atoms with van der Waals surface area (Å²) in [5.41, 5.74) is 1.29. The standard InChI is InChI=1S/C17H29ClN2/c1-5-16(6-2)20(4)12-11-17(19-7-3)14-9-8-10-15(18)13-14/h8-10,13,16-17,19H,5-7,11-12H2,1-4H3. The second kappa shape index (κ2) is 9.38. The van der Waals surface area contributed by atoms with Crippen LogP contribution in [0.15, 0.2) is 24.3 Å². The van der Waals surface area contributed by atoms with Gasteiger partial charge in [0.1, 0.15) is 0 Å². The van der Waals surface area contributed by atoms with Gasteiger partial charge in [-0.2, -0.15) is 0 Å². The van der Waals surface area contributed by atoms with Crippen LogP contribution in [0.2, 0.25) is 5.02 Å². The largest absolute Gasteiger partial charge is 0.310 e. The molecule has 0 aliphatic rings. The number of benzene rings is 1. The molecule has 0 aliphatic carbocycles. The minimum absolute atomic E-state index is 0.385. The van der Waals surface area contributed by atoms with Gasteiger partial charge in [-0.3, -0.25) is 0 Å². The lowest BCUT2D eigenvalue weighted by Gasteiger charge is -2.28. The van der Waals surface area contributed by atoms with Crippen molar-refractivity contribution >= 4 is 11.6 Å². The molecule has 1 aromatic rings. The minimum atomic E-state index is 0.385. The number of nitrogens with zero attached hydrogens (tertiary/aromatic N) is 1. The molecule has 20 heavy (non-hydrogen) atoms. The first kappa shape index (κ1) is 17.5. The molecule has 0 radical (unpaired) electrons. The van der Waals surface area contributed by atoms with Crippen LogP contribution in [0.3, 0.4) is 0 Å². The van der Waals surface area contributed by atoms with Gasteiger partial charge in [0.2, 0.25) is 0 Å². The molecule has 0 amide bonds. The highest BCUT2D eigenvalue weighted by Crippen LogP contribution is 2.21. The van der Waals surface area contributed by atoms with Crippen LogP contribution in [0.5, 0.6) is 0 Å². The molecule has 0 heterocycles. The fourth-order valence-corrected chi connectivity index (χ4v) is 2.98. The van der Waals surface area contributed by atoms with Crippen molar-refractivity contribution < 1.29 is 0 Å². The Hall–Kier alpha value is -0.570. The average molecular weight is 297 g/mol. The molecule has 2 nitrogen and oxygen atoms in total. The highest BCUT2D eigenvalue weighted by Gasteiger charge is 2.15. The normalized spacial score (nSPS) is 13.2. The first-order valence-electron chi connectivity index (χ1n) is 7.81. The molecule has 0 aromatic heterocycles. The zero-order chi connectivity index (χ0) is 15.0. The maximum atomic E-state index is 6.11. The first-order valence-corrected chi connectivity index (χ1v) is 8.19. The van der Waals surface area contributed by atoms with Crippen molar-refractivity contribution in [3.8, 4) is 0 Å². The van der Waals surface area contributed by atoms with Crippen LogP contribution in [-0.4, -0.2) is 31.1 Å². The van der Waals surface area contributed by atoms with Gasteiger partial charge in [0, 0.05) is 17.1 Å². The van der Waals surface area contributed by atoms with Gasteiger partial charge < -0.3 is 10.2 Å². The second-order valence-corrected chi connectivity index (χ2v) is 5.84. The Morgan fingerprint density at radius 2 is 1.90 bits per heavy atom. The minimum Gasteiger partial charge on any atom is -0.310 e. The molecule has 1 aromatic carbocycles. The topological polar surface area (TPSA) is 15.3 Å². The van der Waals surface area contributed by atoms with Gasteiger partial charge in [-0.1, -0.05) is 44.5 Å². The van der Waals surface area contributed by atoms with E-state index in [9.17, 15) is 0 Å². The quantitative estimate of drug-likeness (QED) is 0.722. The van der Waals surface area contributed by atoms with E-state index in [1.807, 2.05) is 12.1 Å². The van der Waals surface area contributed by atoms with E-state index < -0.39 is 0 Å². The maximum Gasteiger partial charge on any atom is 0.0409 e. The van der Waals surface area contributed by atoms with Crippen molar-refractivity contribution in [2.24, 2.45) is 0 Å². The van der Waals surface area contributed by atoms with Crippen LogP contribution in [0, 0.1) is 0 Å². The maximum absolute atomic E-state index is 6.11. The van der Waals surface area contributed by atoms with E-state index >= 15 is 0 Å². The molecule has 1 atom stereocenters. The predicted octanol–water partition coefficient (Wildman–Crippen LogP) is 4.50. The van der Waals surface area contributed by atoms with Crippen LogP contribution in [-0.2, 0) is 0 Å². The van der Waals surface area contributed by atoms with E-state index in [-0.39, 0.29) is 0 Å². The SMILES string of the molecule is CCNC(CCN(C)C(CC)CC)c1cccc(Cl)c1. The zero-order valence-corrected chi connectivity index (χ0v) is 14.1. The fourth-order valence-electron chi connectivity index (χ4n) is 2.78. The Kier molecular flexibility index (Phi) is 8.20. The molecular formula is C17H29ClN2. The second-order valence-electron chi connectivity index (χ2n) is 5.40. The van der Waals surface area contributed by atoms with E-state index in [2.05, 4.69) is 50.2 Å². The van der Waals surface area contributed by atoms with Crippen LogP contribution in [0.1, 0.15) is 51.6 Å². The molecule has 114 valence electrons. The molecule has 0 saturated heterocycles. The molecule has 0 spiro atoms. The first-order chi connectivity index (χ1) is 9.62. The zero-order valence-electron chi connectivity index (χ0n) is 13.3. The number of hydrogen-bond donors (Lipinski definition) is 1. The average Bonchev–Trinajstić information content (AvgIpc) is 2.44. The van der Waals surface area contributed by atoms with Crippen molar-refractivity contribution in [2.45, 2.75) is 52.1 Å². The molecule has 0 fully saturated rings. The number of hydrogen-bond acceptors (Lipinski definition) is 2. The molecule has 0 saturated carbocycles. The molecule has 1 N–H and O–H groups in total. The van der Waals surface area contributed by atoms with Crippen LogP contribution >= 0.6 is 11.6 Å². The molecule has 1 rings (SSSR count). The Bertz CT molecular complexity index is 377. The van der Waals surface area contributed by atoms with E-state index in [1.54, 1.807) is 0 Å². The number of nitrogens with one attached hydrogen (secondary N) is 1. The van der Waals surface area contributed by atoms with Gasteiger partial charge in [-0.05, 0) is 57.1 Å². The third-order valence-corrected chi connectivity index (χ3v) is 4.27. The van der Waals surface area contributed by atoms with Gasteiger partial charge in [0.25, 0.3) is 0 Å². The van der Waals surface area contributed by atoms with E-state index in [0.29, 0.717) is 12.1 Å². The summed E-state index contributed by atoms with van der Waals surface area (Å²) in [5.74, 6) is 0. The molecular weight excluding hydrogens is 268 g/mol. The van der Waals surface area contributed by atoms with E-state index in [0.717, 1.165) is 24.5 Å². The number of rotatable bonds is 9. The monoisotopic (exact) mass is 296 g/mol. The summed E-state index contributed by atoms with van der Waals surface area (Å²) < 4.78 is 0. The summed E-state index contributed by atoms with van der Waals surface area (Å²) in [5, 5.41) is 4.39. The highest BCUT2D eigenvalue weighted by molar-refractivity contribution is 6.30. The predicted molar refractivity (Wildman–Crippen MR) is 89.5 cm³/mol. The Morgan fingerprint density at radius 3 is 2.45 bits per heavy atom. The van der Waals surface area contributed by atoms with Crippen molar-refractivity contribution in [3.63, 3.8) is 0 Å². The van der Waals surface area contributed by atoms with Gasteiger partial charge in [-0.15, -0.1) is 0 Å². The Balaban J connectivity index is 2.64. The molecule has 1 unspecified atom stereocenters.